The summed E-state index contributed by atoms with van der Waals surface area (Å²) in [4.78, 5) is 0.989. The first-order valence-corrected chi connectivity index (χ1v) is 7.40. The average Bonchev–Trinajstić information content (AvgIpc) is 2.87. The maximum Gasteiger partial charge on any atom is 0.124 e. The molecule has 20 heavy (non-hydrogen) atoms. The third-order valence-corrected chi connectivity index (χ3v) is 4.25. The Labute approximate surface area is 126 Å². The standard InChI is InChI=1S/C13H16ClFN4S/c1-7(2)12-13(20-19-18-12)11(17-16)5-8-3-4-9(15)6-10(8)14/h3-4,6-7,11,17H,5,16H2,1-2H3. The molecule has 0 bridgehead atoms. The van der Waals surface area contributed by atoms with E-state index in [-0.39, 0.29) is 17.8 Å². The summed E-state index contributed by atoms with van der Waals surface area (Å²) in [5.41, 5.74) is 4.53. The van der Waals surface area contributed by atoms with Crippen LogP contribution in [0.1, 0.15) is 41.9 Å². The van der Waals surface area contributed by atoms with Crippen molar-refractivity contribution in [2.24, 2.45) is 5.84 Å². The summed E-state index contributed by atoms with van der Waals surface area (Å²) in [5.74, 6) is 5.56. The van der Waals surface area contributed by atoms with E-state index >= 15 is 0 Å². The van der Waals surface area contributed by atoms with Gasteiger partial charge in [-0.25, -0.2) is 4.39 Å². The van der Waals surface area contributed by atoms with Crippen LogP contribution in [0.2, 0.25) is 5.02 Å². The molecule has 1 heterocycles. The second kappa shape index (κ2) is 6.58. The lowest BCUT2D eigenvalue weighted by Gasteiger charge is -2.17. The highest BCUT2D eigenvalue weighted by Crippen LogP contribution is 2.30. The fourth-order valence-electron chi connectivity index (χ4n) is 1.98. The lowest BCUT2D eigenvalue weighted by Crippen LogP contribution is -2.30. The number of hydrogen-bond acceptors (Lipinski definition) is 5. The molecule has 1 aromatic heterocycles. The Morgan fingerprint density at radius 1 is 1.45 bits per heavy atom. The number of hydrogen-bond donors (Lipinski definition) is 2. The molecular formula is C13H16ClFN4S. The largest absolute Gasteiger partial charge is 0.271 e. The zero-order valence-corrected chi connectivity index (χ0v) is 12.8. The van der Waals surface area contributed by atoms with E-state index in [1.54, 1.807) is 6.07 Å². The van der Waals surface area contributed by atoms with Gasteiger partial charge in [0.1, 0.15) is 5.82 Å². The molecule has 0 radical (unpaired) electrons. The van der Waals surface area contributed by atoms with Crippen LogP contribution in [-0.4, -0.2) is 9.59 Å². The predicted molar refractivity (Wildman–Crippen MR) is 79.2 cm³/mol. The van der Waals surface area contributed by atoms with E-state index in [0.29, 0.717) is 11.4 Å². The number of rotatable bonds is 5. The maximum atomic E-state index is 13.1. The Hall–Kier alpha value is -1.08. The van der Waals surface area contributed by atoms with E-state index in [0.717, 1.165) is 16.1 Å². The summed E-state index contributed by atoms with van der Waals surface area (Å²) in [6.07, 6.45) is 0.555. The number of hydrazine groups is 1. The van der Waals surface area contributed by atoms with Crippen LogP contribution in [0, 0.1) is 5.82 Å². The molecule has 1 atom stereocenters. The smallest absolute Gasteiger partial charge is 0.124 e. The third-order valence-electron chi connectivity index (χ3n) is 3.04. The van der Waals surface area contributed by atoms with E-state index in [2.05, 4.69) is 28.9 Å². The molecule has 7 heteroatoms. The molecule has 0 saturated carbocycles. The highest BCUT2D eigenvalue weighted by atomic mass is 35.5. The van der Waals surface area contributed by atoms with Gasteiger partial charge >= 0.3 is 0 Å². The van der Waals surface area contributed by atoms with Crippen LogP contribution in [0.25, 0.3) is 0 Å². The molecule has 1 aromatic carbocycles. The van der Waals surface area contributed by atoms with Gasteiger partial charge in [-0.2, -0.15) is 0 Å². The highest BCUT2D eigenvalue weighted by molar-refractivity contribution is 7.05. The lowest BCUT2D eigenvalue weighted by atomic mass is 10.0. The minimum Gasteiger partial charge on any atom is -0.271 e. The number of benzene rings is 1. The monoisotopic (exact) mass is 314 g/mol. The van der Waals surface area contributed by atoms with Gasteiger partial charge in [-0.05, 0) is 41.6 Å². The number of nitrogens with one attached hydrogen (secondary N) is 1. The Balaban J connectivity index is 2.26. The maximum absolute atomic E-state index is 13.1. The van der Waals surface area contributed by atoms with E-state index in [9.17, 15) is 4.39 Å². The molecule has 0 aliphatic heterocycles. The molecule has 4 nitrogen and oxygen atoms in total. The van der Waals surface area contributed by atoms with E-state index in [4.69, 9.17) is 17.4 Å². The van der Waals surface area contributed by atoms with Crippen LogP contribution in [0.4, 0.5) is 4.39 Å². The van der Waals surface area contributed by atoms with Crippen molar-refractivity contribution in [3.63, 3.8) is 0 Å². The van der Waals surface area contributed by atoms with Gasteiger partial charge in [-0.1, -0.05) is 36.0 Å². The molecule has 0 spiro atoms. The number of nitrogens with zero attached hydrogens (tertiary/aromatic N) is 2. The Morgan fingerprint density at radius 3 is 2.80 bits per heavy atom. The molecule has 0 saturated heterocycles. The summed E-state index contributed by atoms with van der Waals surface area (Å²) in [6, 6.07) is 4.23. The summed E-state index contributed by atoms with van der Waals surface area (Å²) in [5, 5.41) is 4.54. The molecule has 108 valence electrons. The summed E-state index contributed by atoms with van der Waals surface area (Å²) < 4.78 is 17.1. The van der Waals surface area contributed by atoms with E-state index in [1.807, 2.05) is 0 Å². The molecule has 2 aromatic rings. The Morgan fingerprint density at radius 2 is 2.20 bits per heavy atom. The molecule has 1 unspecified atom stereocenters. The molecular weight excluding hydrogens is 299 g/mol. The van der Waals surface area contributed by atoms with Gasteiger partial charge in [0.2, 0.25) is 0 Å². The topological polar surface area (TPSA) is 63.8 Å². The summed E-state index contributed by atoms with van der Waals surface area (Å²) in [7, 11) is 0. The van der Waals surface area contributed by atoms with E-state index < -0.39 is 0 Å². The fourth-order valence-corrected chi connectivity index (χ4v) is 3.09. The fraction of sp³-hybridized carbons (Fsp3) is 0.385. The second-order valence-corrected chi connectivity index (χ2v) is 6.03. The first-order valence-electron chi connectivity index (χ1n) is 6.25. The average molecular weight is 315 g/mol. The van der Waals surface area contributed by atoms with Gasteiger partial charge < -0.3 is 0 Å². The SMILES string of the molecule is CC(C)c1nnsc1C(Cc1ccc(F)cc1Cl)NN. The summed E-state index contributed by atoms with van der Waals surface area (Å²) >= 11 is 7.38. The quantitative estimate of drug-likeness (QED) is 0.657. The molecule has 0 aliphatic rings. The summed E-state index contributed by atoms with van der Waals surface area (Å²) in [6.45, 7) is 4.11. The highest BCUT2D eigenvalue weighted by Gasteiger charge is 2.21. The normalized spacial score (nSPS) is 12.9. The van der Waals surface area contributed by atoms with Gasteiger partial charge in [-0.15, -0.1) is 5.10 Å². The number of aromatic nitrogens is 2. The van der Waals surface area contributed by atoms with Crippen molar-refractivity contribution < 1.29 is 4.39 Å². The van der Waals surface area contributed by atoms with Crippen LogP contribution < -0.4 is 11.3 Å². The second-order valence-electron chi connectivity index (χ2n) is 4.84. The minimum atomic E-state index is -0.349. The van der Waals surface area contributed by atoms with E-state index in [1.165, 1.54) is 23.7 Å². The van der Waals surface area contributed by atoms with Crippen molar-refractivity contribution in [2.75, 3.05) is 0 Å². The van der Waals surface area contributed by atoms with Crippen LogP contribution >= 0.6 is 23.1 Å². The van der Waals surface area contributed by atoms with Gasteiger partial charge in [0.15, 0.2) is 0 Å². The van der Waals surface area contributed by atoms with Crippen molar-refractivity contribution >= 4 is 23.1 Å². The van der Waals surface area contributed by atoms with Crippen molar-refractivity contribution in [1.82, 2.24) is 15.0 Å². The van der Waals surface area contributed by atoms with Crippen molar-refractivity contribution in [3.8, 4) is 0 Å². The molecule has 2 rings (SSSR count). The van der Waals surface area contributed by atoms with Crippen LogP contribution in [0.5, 0.6) is 0 Å². The van der Waals surface area contributed by atoms with Crippen LogP contribution in [-0.2, 0) is 6.42 Å². The molecule has 3 N–H and O–H groups in total. The number of halogens is 2. The van der Waals surface area contributed by atoms with Gasteiger partial charge in [0.25, 0.3) is 0 Å². The first kappa shape index (κ1) is 15.3. The third kappa shape index (κ3) is 3.32. The zero-order valence-electron chi connectivity index (χ0n) is 11.2. The Bertz CT molecular complexity index is 588. The van der Waals surface area contributed by atoms with Crippen molar-refractivity contribution in [2.45, 2.75) is 32.2 Å². The predicted octanol–water partition coefficient (Wildman–Crippen LogP) is 3.20. The van der Waals surface area contributed by atoms with Crippen molar-refractivity contribution in [1.29, 1.82) is 0 Å². The van der Waals surface area contributed by atoms with Gasteiger partial charge in [0.05, 0.1) is 16.6 Å². The number of nitrogens with two attached hydrogens (primary N) is 1. The minimum absolute atomic E-state index is 0.143. The zero-order chi connectivity index (χ0) is 14.7. The first-order chi connectivity index (χ1) is 9.52. The van der Waals surface area contributed by atoms with Crippen LogP contribution in [0.3, 0.4) is 0 Å². The molecule has 0 fully saturated rings. The van der Waals surface area contributed by atoms with Gasteiger partial charge in [-0.3, -0.25) is 11.3 Å². The van der Waals surface area contributed by atoms with Crippen LogP contribution in [0.15, 0.2) is 18.2 Å². The molecule has 0 amide bonds. The molecule has 0 aliphatic carbocycles. The van der Waals surface area contributed by atoms with Gasteiger partial charge in [0, 0.05) is 5.02 Å². The Kier molecular flexibility index (Phi) is 5.04. The van der Waals surface area contributed by atoms with Crippen molar-refractivity contribution in [3.05, 3.63) is 45.2 Å². The lowest BCUT2D eigenvalue weighted by molar-refractivity contribution is 0.550.